The molecule has 0 saturated carbocycles. The van der Waals surface area contributed by atoms with Crippen LogP contribution in [-0.4, -0.2) is 42.7 Å². The summed E-state index contributed by atoms with van der Waals surface area (Å²) >= 11 is 1.05. The Hall–Kier alpha value is -0.640. The first-order chi connectivity index (χ1) is 9.56. The molecule has 9 heteroatoms. The van der Waals surface area contributed by atoms with E-state index < -0.39 is 34.6 Å². The number of nitrogens with zero attached hydrogens (tertiary/aromatic N) is 1. The summed E-state index contributed by atoms with van der Waals surface area (Å²) in [7, 11) is -3.79. The van der Waals surface area contributed by atoms with Crippen molar-refractivity contribution >= 4 is 21.4 Å². The zero-order valence-electron chi connectivity index (χ0n) is 11.4. The number of rotatable bonds is 2. The van der Waals surface area contributed by atoms with Gasteiger partial charge < -0.3 is 5.11 Å². The van der Waals surface area contributed by atoms with Crippen LogP contribution in [-0.2, 0) is 10.0 Å². The van der Waals surface area contributed by atoms with Gasteiger partial charge in [0.15, 0.2) is 5.60 Å². The van der Waals surface area contributed by atoms with Gasteiger partial charge in [-0.2, -0.15) is 17.5 Å². The highest BCUT2D eigenvalue weighted by Crippen LogP contribution is 2.39. The van der Waals surface area contributed by atoms with Crippen molar-refractivity contribution in [1.82, 2.24) is 4.31 Å². The van der Waals surface area contributed by atoms with Crippen molar-refractivity contribution in [3.63, 3.8) is 0 Å². The van der Waals surface area contributed by atoms with Gasteiger partial charge in [0.2, 0.25) is 0 Å². The van der Waals surface area contributed by atoms with E-state index in [1.54, 1.807) is 12.3 Å². The summed E-state index contributed by atoms with van der Waals surface area (Å²) in [6.07, 6.45) is -5.89. The maximum Gasteiger partial charge on any atom is 0.417 e. The Morgan fingerprint density at radius 2 is 2.00 bits per heavy atom. The molecule has 1 aromatic rings. The van der Waals surface area contributed by atoms with Crippen molar-refractivity contribution in [2.75, 3.05) is 13.1 Å². The predicted octanol–water partition coefficient (Wildman–Crippen LogP) is 2.52. The van der Waals surface area contributed by atoms with Gasteiger partial charge in [-0.1, -0.05) is 0 Å². The van der Waals surface area contributed by atoms with Crippen LogP contribution >= 0.6 is 11.3 Å². The van der Waals surface area contributed by atoms with E-state index in [4.69, 9.17) is 0 Å². The van der Waals surface area contributed by atoms with E-state index in [1.165, 1.54) is 6.07 Å². The number of hydrogen-bond acceptors (Lipinski definition) is 4. The molecule has 0 aromatic carbocycles. The first-order valence-electron chi connectivity index (χ1n) is 6.41. The van der Waals surface area contributed by atoms with E-state index in [9.17, 15) is 26.7 Å². The summed E-state index contributed by atoms with van der Waals surface area (Å²) in [5, 5.41) is 11.4. The molecule has 2 rings (SSSR count). The van der Waals surface area contributed by atoms with Gasteiger partial charge in [0.05, 0.1) is 0 Å². The summed E-state index contributed by atoms with van der Waals surface area (Å²) in [6, 6.07) is 1.50. The van der Waals surface area contributed by atoms with Crippen LogP contribution in [0, 0.1) is 6.92 Å². The number of alkyl halides is 3. The molecule has 1 N–H and O–H groups in total. The molecule has 1 unspecified atom stereocenters. The highest BCUT2D eigenvalue weighted by atomic mass is 32.2. The van der Waals surface area contributed by atoms with E-state index in [2.05, 4.69) is 0 Å². The summed E-state index contributed by atoms with van der Waals surface area (Å²) < 4.78 is 64.4. The van der Waals surface area contributed by atoms with Gasteiger partial charge in [0, 0.05) is 13.1 Å². The quantitative estimate of drug-likeness (QED) is 0.898. The lowest BCUT2D eigenvalue weighted by Gasteiger charge is -2.29. The van der Waals surface area contributed by atoms with Crippen molar-refractivity contribution in [3.05, 3.63) is 17.0 Å². The zero-order chi connectivity index (χ0) is 15.9. The molecule has 1 aromatic heterocycles. The number of thiophene rings is 1. The van der Waals surface area contributed by atoms with Crippen molar-refractivity contribution < 1.29 is 26.7 Å². The van der Waals surface area contributed by atoms with Crippen LogP contribution < -0.4 is 0 Å². The van der Waals surface area contributed by atoms with Gasteiger partial charge in [0.25, 0.3) is 10.0 Å². The SMILES string of the molecule is Cc1csc(S(=O)(=O)N2CCCC(O)(C(F)(F)F)CC2)c1. The predicted molar refractivity (Wildman–Crippen MR) is 72.7 cm³/mol. The second-order valence-corrected chi connectivity index (χ2v) is 8.31. The average Bonchev–Trinajstić information content (AvgIpc) is 2.68. The third-order valence-electron chi connectivity index (χ3n) is 3.60. The molecule has 1 aliphatic heterocycles. The fourth-order valence-electron chi connectivity index (χ4n) is 2.29. The maximum absolute atomic E-state index is 12.8. The van der Waals surface area contributed by atoms with Gasteiger partial charge in [-0.15, -0.1) is 11.3 Å². The van der Waals surface area contributed by atoms with Crippen LogP contribution in [0.2, 0.25) is 0 Å². The third kappa shape index (κ3) is 3.25. The Morgan fingerprint density at radius 3 is 2.52 bits per heavy atom. The summed E-state index contributed by atoms with van der Waals surface area (Å²) in [5.41, 5.74) is -2.01. The normalized spacial score (nSPS) is 25.8. The molecule has 0 amide bonds. The number of aliphatic hydroxyl groups is 1. The lowest BCUT2D eigenvalue weighted by Crippen LogP contribution is -2.46. The van der Waals surface area contributed by atoms with E-state index in [-0.39, 0.29) is 23.7 Å². The summed E-state index contributed by atoms with van der Waals surface area (Å²) in [5.74, 6) is 0. The molecule has 1 saturated heterocycles. The molecule has 0 aliphatic carbocycles. The molecular formula is C12H16F3NO3S2. The lowest BCUT2D eigenvalue weighted by atomic mass is 9.94. The Bertz CT molecular complexity index is 612. The smallest absolute Gasteiger partial charge is 0.380 e. The molecular weight excluding hydrogens is 327 g/mol. The van der Waals surface area contributed by atoms with Crippen molar-refractivity contribution in [2.45, 2.75) is 42.2 Å². The van der Waals surface area contributed by atoms with E-state index >= 15 is 0 Å². The number of halogens is 3. The van der Waals surface area contributed by atoms with Crippen molar-refractivity contribution in [3.8, 4) is 0 Å². The summed E-state index contributed by atoms with van der Waals surface area (Å²) in [6.45, 7) is 1.40. The highest BCUT2D eigenvalue weighted by molar-refractivity contribution is 7.91. The minimum atomic E-state index is -4.74. The van der Waals surface area contributed by atoms with Crippen molar-refractivity contribution in [2.24, 2.45) is 0 Å². The van der Waals surface area contributed by atoms with Crippen molar-refractivity contribution in [1.29, 1.82) is 0 Å². The van der Waals surface area contributed by atoms with Gasteiger partial charge in [-0.3, -0.25) is 0 Å². The van der Waals surface area contributed by atoms with Gasteiger partial charge in [0.1, 0.15) is 4.21 Å². The highest BCUT2D eigenvalue weighted by Gasteiger charge is 2.54. The van der Waals surface area contributed by atoms with Crippen LogP contribution in [0.25, 0.3) is 0 Å². The van der Waals surface area contributed by atoms with Gasteiger partial charge in [-0.05, 0) is 43.2 Å². The number of sulfonamides is 1. The monoisotopic (exact) mass is 343 g/mol. The Labute approximate surface area is 125 Å². The largest absolute Gasteiger partial charge is 0.417 e. The fraction of sp³-hybridized carbons (Fsp3) is 0.667. The van der Waals surface area contributed by atoms with E-state index in [0.717, 1.165) is 21.2 Å². The van der Waals surface area contributed by atoms with Gasteiger partial charge >= 0.3 is 6.18 Å². The minimum absolute atomic E-state index is 0.0162. The average molecular weight is 343 g/mol. The molecule has 0 bridgehead atoms. The topological polar surface area (TPSA) is 57.6 Å². The van der Waals surface area contributed by atoms with Crippen LogP contribution in [0.4, 0.5) is 13.2 Å². The number of aryl methyl sites for hydroxylation is 1. The molecule has 0 spiro atoms. The van der Waals surface area contributed by atoms with Crippen LogP contribution in [0.3, 0.4) is 0 Å². The maximum atomic E-state index is 12.8. The van der Waals surface area contributed by atoms with E-state index in [0.29, 0.717) is 0 Å². The van der Waals surface area contributed by atoms with Crippen LogP contribution in [0.15, 0.2) is 15.7 Å². The molecule has 1 aliphatic rings. The third-order valence-corrected chi connectivity index (χ3v) is 7.03. The Kier molecular flexibility index (Phi) is 4.40. The van der Waals surface area contributed by atoms with E-state index in [1.807, 2.05) is 0 Å². The molecule has 2 heterocycles. The molecule has 1 atom stereocenters. The fourth-order valence-corrected chi connectivity index (χ4v) is 5.15. The lowest BCUT2D eigenvalue weighted by molar-refractivity contribution is -0.263. The van der Waals surface area contributed by atoms with Crippen LogP contribution in [0.5, 0.6) is 0 Å². The van der Waals surface area contributed by atoms with Crippen LogP contribution in [0.1, 0.15) is 24.8 Å². The first kappa shape index (κ1) is 16.7. The number of hydrogen-bond donors (Lipinski definition) is 1. The zero-order valence-corrected chi connectivity index (χ0v) is 13.0. The molecule has 0 radical (unpaired) electrons. The molecule has 21 heavy (non-hydrogen) atoms. The Balaban J connectivity index is 2.21. The first-order valence-corrected chi connectivity index (χ1v) is 8.73. The van der Waals surface area contributed by atoms with Gasteiger partial charge in [-0.25, -0.2) is 8.42 Å². The summed E-state index contributed by atoms with van der Waals surface area (Å²) in [4.78, 5) is 0. The second kappa shape index (κ2) is 5.53. The second-order valence-electron chi connectivity index (χ2n) is 5.23. The standard InChI is InChI=1S/C12H16F3NO3S2/c1-9-7-10(20-8-9)21(18,19)16-5-2-3-11(17,4-6-16)12(13,14)15/h7-8,17H,2-6H2,1H3. The molecule has 1 fully saturated rings. The minimum Gasteiger partial charge on any atom is -0.380 e. The molecule has 120 valence electrons. The Morgan fingerprint density at radius 1 is 1.33 bits per heavy atom. The molecule has 4 nitrogen and oxygen atoms in total.